The van der Waals surface area contributed by atoms with E-state index in [-0.39, 0.29) is 23.3 Å². The third-order valence-electron chi connectivity index (χ3n) is 7.63. The van der Waals surface area contributed by atoms with Crippen LogP contribution in [0.3, 0.4) is 0 Å². The second kappa shape index (κ2) is 10.1. The molecule has 0 bridgehead atoms. The number of aromatic nitrogens is 2. The van der Waals surface area contributed by atoms with Gasteiger partial charge in [-0.1, -0.05) is 34.1 Å². The van der Waals surface area contributed by atoms with Gasteiger partial charge < -0.3 is 5.32 Å². The molecule has 6 nitrogen and oxygen atoms in total. The summed E-state index contributed by atoms with van der Waals surface area (Å²) in [6.45, 7) is 15.2. The number of nitrogens with one attached hydrogen (secondary N) is 1. The van der Waals surface area contributed by atoms with Gasteiger partial charge in [-0.15, -0.1) is 0 Å². The number of unbranched alkanes of at least 4 members (excludes halogenated alkanes) is 1. The largest absolute Gasteiger partial charge is 0.352 e. The molecule has 1 saturated carbocycles. The Balaban J connectivity index is 1.84. The SMILES string of the molecule is CCCCc1cn(C(C)(C)C)s/c1=N\C(=O)C1(C)CCC(C(=O)NCc2ccncc2)C1(C)C. The zero-order valence-electron chi connectivity index (χ0n) is 21.8. The van der Waals surface area contributed by atoms with Crippen molar-refractivity contribution in [1.82, 2.24) is 14.3 Å². The van der Waals surface area contributed by atoms with Crippen LogP contribution in [-0.4, -0.2) is 20.8 Å². The molecule has 34 heavy (non-hydrogen) atoms. The Morgan fingerprint density at radius 1 is 1.24 bits per heavy atom. The third kappa shape index (κ3) is 5.35. The second-order valence-corrected chi connectivity index (χ2v) is 12.2. The number of aryl methyl sites for hydroxylation is 1. The monoisotopic (exact) mass is 484 g/mol. The summed E-state index contributed by atoms with van der Waals surface area (Å²) in [5.74, 6) is -0.341. The molecule has 2 heterocycles. The standard InChI is InChI=1S/C27H40N4O2S/c1-8-9-10-20-18-31(25(2,3)4)34-23(20)30-24(33)27(7)14-11-21(26(27,5)6)22(32)29-17-19-12-15-28-16-13-19/h12-13,15-16,18,21H,8-11,14,17H2,1-7H3,(H,29,32)/b30-23-. The first kappa shape index (κ1) is 26.3. The molecular weight excluding hydrogens is 444 g/mol. The number of carbonyl (C=O) groups is 2. The van der Waals surface area contributed by atoms with Gasteiger partial charge in [0.15, 0.2) is 0 Å². The Labute approximate surface area is 208 Å². The Hall–Kier alpha value is -2.28. The van der Waals surface area contributed by atoms with Gasteiger partial charge in [0.05, 0.1) is 5.41 Å². The van der Waals surface area contributed by atoms with Crippen molar-refractivity contribution in [3.63, 3.8) is 0 Å². The molecule has 2 atom stereocenters. The topological polar surface area (TPSA) is 76.3 Å². The summed E-state index contributed by atoms with van der Waals surface area (Å²) < 4.78 is 3.01. The van der Waals surface area contributed by atoms with Crippen LogP contribution in [-0.2, 0) is 28.1 Å². The smallest absolute Gasteiger partial charge is 0.253 e. The van der Waals surface area contributed by atoms with Gasteiger partial charge in [-0.3, -0.25) is 18.5 Å². The highest BCUT2D eigenvalue weighted by Gasteiger charge is 2.58. The van der Waals surface area contributed by atoms with Gasteiger partial charge in [-0.25, -0.2) is 4.99 Å². The van der Waals surface area contributed by atoms with Gasteiger partial charge in [0.25, 0.3) is 5.91 Å². The average Bonchev–Trinajstić information content (AvgIpc) is 3.29. The van der Waals surface area contributed by atoms with Crippen molar-refractivity contribution < 1.29 is 9.59 Å². The van der Waals surface area contributed by atoms with Gasteiger partial charge in [0.2, 0.25) is 5.91 Å². The zero-order valence-corrected chi connectivity index (χ0v) is 22.6. The number of amides is 2. The first-order chi connectivity index (χ1) is 15.9. The summed E-state index contributed by atoms with van der Waals surface area (Å²) in [5, 5.41) is 3.07. The van der Waals surface area contributed by atoms with Crippen LogP contribution in [0.1, 0.15) is 85.3 Å². The van der Waals surface area contributed by atoms with Crippen LogP contribution in [0, 0.1) is 16.7 Å². The van der Waals surface area contributed by atoms with E-state index in [0.29, 0.717) is 19.4 Å². The molecule has 0 spiro atoms. The number of pyridine rings is 1. The molecule has 2 aromatic rings. The van der Waals surface area contributed by atoms with Crippen LogP contribution in [0.2, 0.25) is 0 Å². The van der Waals surface area contributed by atoms with Crippen molar-refractivity contribution in [1.29, 1.82) is 0 Å². The molecular formula is C27H40N4O2S. The summed E-state index contributed by atoms with van der Waals surface area (Å²) in [6.07, 6.45) is 10.0. The second-order valence-electron chi connectivity index (χ2n) is 11.3. The number of hydrogen-bond donors (Lipinski definition) is 1. The van der Waals surface area contributed by atoms with Crippen molar-refractivity contribution >= 4 is 23.3 Å². The fourth-order valence-electron chi connectivity index (χ4n) is 4.71. The minimum atomic E-state index is -0.690. The number of nitrogens with zero attached hydrogens (tertiary/aromatic N) is 3. The molecule has 2 amide bonds. The maximum absolute atomic E-state index is 13.7. The van der Waals surface area contributed by atoms with Crippen molar-refractivity contribution in [3.8, 4) is 0 Å². The van der Waals surface area contributed by atoms with E-state index in [1.165, 1.54) is 0 Å². The lowest BCUT2D eigenvalue weighted by molar-refractivity contribution is -0.136. The van der Waals surface area contributed by atoms with E-state index in [4.69, 9.17) is 4.99 Å². The molecule has 0 aromatic carbocycles. The van der Waals surface area contributed by atoms with Gasteiger partial charge >= 0.3 is 0 Å². The fraction of sp³-hybridized carbons (Fsp3) is 0.630. The van der Waals surface area contributed by atoms with Crippen LogP contribution in [0.5, 0.6) is 0 Å². The lowest BCUT2D eigenvalue weighted by Crippen LogP contribution is -2.45. The lowest BCUT2D eigenvalue weighted by atomic mass is 9.65. The number of rotatable bonds is 7. The normalized spacial score (nSPS) is 22.7. The van der Waals surface area contributed by atoms with Crippen LogP contribution >= 0.6 is 11.5 Å². The van der Waals surface area contributed by atoms with Crippen LogP contribution in [0.4, 0.5) is 0 Å². The minimum Gasteiger partial charge on any atom is -0.352 e. The Morgan fingerprint density at radius 2 is 1.91 bits per heavy atom. The van der Waals surface area contributed by atoms with E-state index in [0.717, 1.165) is 35.1 Å². The van der Waals surface area contributed by atoms with E-state index in [1.54, 1.807) is 23.9 Å². The highest BCUT2D eigenvalue weighted by atomic mass is 32.1. The van der Waals surface area contributed by atoms with Crippen molar-refractivity contribution in [2.24, 2.45) is 21.7 Å². The summed E-state index contributed by atoms with van der Waals surface area (Å²) >= 11 is 1.56. The molecule has 0 saturated heterocycles. The van der Waals surface area contributed by atoms with Crippen molar-refractivity contribution in [3.05, 3.63) is 46.5 Å². The predicted octanol–water partition coefficient (Wildman–Crippen LogP) is 5.23. The molecule has 7 heteroatoms. The van der Waals surface area contributed by atoms with E-state index in [2.05, 4.69) is 48.1 Å². The van der Waals surface area contributed by atoms with Crippen LogP contribution in [0.25, 0.3) is 0 Å². The zero-order chi connectivity index (χ0) is 25.1. The van der Waals surface area contributed by atoms with Gasteiger partial charge in [-0.05, 0) is 81.1 Å². The van der Waals surface area contributed by atoms with E-state index < -0.39 is 10.8 Å². The highest BCUT2D eigenvalue weighted by Crippen LogP contribution is 2.56. The Kier molecular flexibility index (Phi) is 7.85. The molecule has 1 N–H and O–H groups in total. The molecule has 0 radical (unpaired) electrons. The molecule has 1 aliphatic carbocycles. The van der Waals surface area contributed by atoms with Crippen molar-refractivity contribution in [2.45, 2.75) is 92.7 Å². The molecule has 1 aliphatic rings. The third-order valence-corrected chi connectivity index (χ3v) is 9.00. The molecule has 2 unspecified atom stereocenters. The Bertz CT molecular complexity index is 1080. The predicted molar refractivity (Wildman–Crippen MR) is 137 cm³/mol. The summed E-state index contributed by atoms with van der Waals surface area (Å²) in [7, 11) is 0. The van der Waals surface area contributed by atoms with E-state index in [1.807, 2.05) is 32.9 Å². The molecule has 1 fully saturated rings. The van der Waals surface area contributed by atoms with E-state index >= 15 is 0 Å². The van der Waals surface area contributed by atoms with Gasteiger partial charge in [0, 0.05) is 42.2 Å². The average molecular weight is 485 g/mol. The molecule has 3 rings (SSSR count). The first-order valence-electron chi connectivity index (χ1n) is 12.4. The van der Waals surface area contributed by atoms with Gasteiger partial charge in [-0.2, -0.15) is 0 Å². The van der Waals surface area contributed by atoms with Crippen LogP contribution in [0.15, 0.2) is 35.7 Å². The summed E-state index contributed by atoms with van der Waals surface area (Å²) in [5.41, 5.74) is 0.899. The fourth-order valence-corrected chi connectivity index (χ4v) is 5.74. The maximum atomic E-state index is 13.7. The summed E-state index contributed by atoms with van der Waals surface area (Å²) in [6, 6.07) is 3.79. The molecule has 186 valence electrons. The quantitative estimate of drug-likeness (QED) is 0.585. The molecule has 2 aromatic heterocycles. The molecule has 0 aliphatic heterocycles. The Morgan fingerprint density at radius 3 is 2.53 bits per heavy atom. The number of carbonyl (C=O) groups excluding carboxylic acids is 2. The maximum Gasteiger partial charge on any atom is 0.253 e. The van der Waals surface area contributed by atoms with E-state index in [9.17, 15) is 9.59 Å². The lowest BCUT2D eigenvalue weighted by Gasteiger charge is -2.38. The van der Waals surface area contributed by atoms with Crippen molar-refractivity contribution in [2.75, 3.05) is 0 Å². The van der Waals surface area contributed by atoms with Crippen LogP contribution < -0.4 is 9.99 Å². The number of hydrogen-bond acceptors (Lipinski definition) is 4. The minimum absolute atomic E-state index is 0.00340. The summed E-state index contributed by atoms with van der Waals surface area (Å²) in [4.78, 5) is 35.5. The van der Waals surface area contributed by atoms with Gasteiger partial charge in [0.1, 0.15) is 4.67 Å². The first-order valence-corrected chi connectivity index (χ1v) is 13.2. The highest BCUT2D eigenvalue weighted by molar-refractivity contribution is 7.04.